The summed E-state index contributed by atoms with van der Waals surface area (Å²) in [6.07, 6.45) is 4.11. The highest BCUT2D eigenvalue weighted by Crippen LogP contribution is 2.31. The van der Waals surface area contributed by atoms with E-state index in [0.717, 1.165) is 0 Å². The molecule has 0 radical (unpaired) electrons. The van der Waals surface area contributed by atoms with Gasteiger partial charge in [0.25, 0.3) is 0 Å². The molecule has 0 unspecified atom stereocenters. The first-order valence-corrected chi connectivity index (χ1v) is 3.37. The summed E-state index contributed by atoms with van der Waals surface area (Å²) >= 11 is 0. The molecule has 0 bridgehead atoms. The van der Waals surface area contributed by atoms with Crippen LogP contribution in [0.1, 0.15) is 19.3 Å². The van der Waals surface area contributed by atoms with E-state index in [4.69, 9.17) is 0 Å². The Morgan fingerprint density at radius 1 is 1.00 bits per heavy atom. The van der Waals surface area contributed by atoms with Crippen molar-refractivity contribution in [3.05, 3.63) is 11.1 Å². The normalized spacial score (nSPS) is 27.0. The highest BCUT2D eigenvalue weighted by Gasteiger charge is 2.18. The Bertz CT molecular complexity index is 119. The Morgan fingerprint density at radius 2 is 1.88 bits per heavy atom. The molecule has 1 heteroatoms. The predicted octanol–water partition coefficient (Wildman–Crippen LogP) is 1.07. The van der Waals surface area contributed by atoms with Crippen molar-refractivity contribution < 1.29 is 0 Å². The Kier molecular flexibility index (Phi) is 0.908. The number of hydrogen-bond acceptors (Lipinski definition) is 1. The topological polar surface area (TPSA) is 12.0 Å². The van der Waals surface area contributed by atoms with Crippen LogP contribution < -0.4 is 5.32 Å². The van der Waals surface area contributed by atoms with Crippen LogP contribution in [0.4, 0.5) is 0 Å². The second kappa shape index (κ2) is 1.59. The fraction of sp³-hybridized carbons (Fsp3) is 0.714. The first kappa shape index (κ1) is 4.57. The molecule has 0 spiro atoms. The van der Waals surface area contributed by atoms with Gasteiger partial charge < -0.3 is 5.32 Å². The van der Waals surface area contributed by atoms with Crippen molar-refractivity contribution in [2.24, 2.45) is 0 Å². The molecule has 0 aromatic rings. The molecule has 0 saturated carbocycles. The number of hydrogen-bond donors (Lipinski definition) is 1. The molecular weight excluding hydrogens is 98.1 g/mol. The molecule has 0 amide bonds. The minimum absolute atomic E-state index is 1.19. The molecule has 2 rings (SSSR count). The second-order valence-corrected chi connectivity index (χ2v) is 2.63. The third kappa shape index (κ3) is 0.511. The standard InChI is InChI=1S/C7H11N/c1-2-7-5-8-4-3-6(1)7/h8H,1-5H2. The van der Waals surface area contributed by atoms with Gasteiger partial charge in [-0.2, -0.15) is 0 Å². The smallest absolute Gasteiger partial charge is 0.0167 e. The van der Waals surface area contributed by atoms with Gasteiger partial charge in [-0.3, -0.25) is 0 Å². The van der Waals surface area contributed by atoms with Crippen LogP contribution in [-0.4, -0.2) is 13.1 Å². The van der Waals surface area contributed by atoms with Gasteiger partial charge in [0.15, 0.2) is 0 Å². The third-order valence-corrected chi connectivity index (χ3v) is 2.17. The Balaban J connectivity index is 2.18. The van der Waals surface area contributed by atoms with Crippen molar-refractivity contribution in [2.45, 2.75) is 19.3 Å². The lowest BCUT2D eigenvalue weighted by Crippen LogP contribution is -2.29. The molecule has 1 aliphatic carbocycles. The van der Waals surface area contributed by atoms with E-state index in [0.29, 0.717) is 0 Å². The van der Waals surface area contributed by atoms with Crippen molar-refractivity contribution >= 4 is 0 Å². The maximum absolute atomic E-state index is 3.36. The highest BCUT2D eigenvalue weighted by molar-refractivity contribution is 5.27. The summed E-state index contributed by atoms with van der Waals surface area (Å²) in [5.74, 6) is 0. The van der Waals surface area contributed by atoms with Crippen LogP contribution in [0.25, 0.3) is 0 Å². The SMILES string of the molecule is C1CC2=C(CC2)CN1. The molecule has 2 aliphatic rings. The van der Waals surface area contributed by atoms with Crippen LogP contribution in [0.2, 0.25) is 0 Å². The fourth-order valence-electron chi connectivity index (χ4n) is 1.47. The van der Waals surface area contributed by atoms with Gasteiger partial charge in [-0.05, 0) is 25.8 Å². The van der Waals surface area contributed by atoms with E-state index in [-0.39, 0.29) is 0 Å². The van der Waals surface area contributed by atoms with Crippen molar-refractivity contribution in [3.8, 4) is 0 Å². The van der Waals surface area contributed by atoms with Crippen molar-refractivity contribution in [1.29, 1.82) is 0 Å². The average molecular weight is 109 g/mol. The molecule has 0 aromatic heterocycles. The lowest BCUT2D eigenvalue weighted by atomic mass is 9.84. The highest BCUT2D eigenvalue weighted by atomic mass is 14.9. The number of nitrogens with one attached hydrogen (secondary N) is 1. The van der Waals surface area contributed by atoms with Crippen LogP contribution >= 0.6 is 0 Å². The summed E-state index contributed by atoms with van der Waals surface area (Å²) < 4.78 is 0. The van der Waals surface area contributed by atoms with E-state index in [2.05, 4.69) is 5.32 Å². The first-order valence-electron chi connectivity index (χ1n) is 3.37. The van der Waals surface area contributed by atoms with Gasteiger partial charge in [0.05, 0.1) is 0 Å². The summed E-state index contributed by atoms with van der Waals surface area (Å²) in [6.45, 7) is 2.41. The lowest BCUT2D eigenvalue weighted by molar-refractivity contribution is 0.582. The molecule has 1 heterocycles. The summed E-state index contributed by atoms with van der Waals surface area (Å²) in [5, 5.41) is 3.36. The molecule has 1 N–H and O–H groups in total. The van der Waals surface area contributed by atoms with Crippen LogP contribution in [0, 0.1) is 0 Å². The second-order valence-electron chi connectivity index (χ2n) is 2.63. The average Bonchev–Trinajstić information content (AvgIpc) is 1.72. The van der Waals surface area contributed by atoms with E-state index in [1.165, 1.54) is 32.4 Å². The first-order chi connectivity index (χ1) is 3.97. The van der Waals surface area contributed by atoms with Gasteiger partial charge in [-0.1, -0.05) is 11.1 Å². The van der Waals surface area contributed by atoms with Gasteiger partial charge in [0.1, 0.15) is 0 Å². The summed E-state index contributed by atoms with van der Waals surface area (Å²) in [4.78, 5) is 0. The maximum atomic E-state index is 3.36. The van der Waals surface area contributed by atoms with Crippen molar-refractivity contribution in [2.75, 3.05) is 13.1 Å². The molecule has 8 heavy (non-hydrogen) atoms. The molecule has 0 saturated heterocycles. The largest absolute Gasteiger partial charge is 0.313 e. The van der Waals surface area contributed by atoms with Gasteiger partial charge in [0, 0.05) is 6.54 Å². The minimum atomic E-state index is 1.19. The van der Waals surface area contributed by atoms with Gasteiger partial charge in [-0.25, -0.2) is 0 Å². The number of rotatable bonds is 0. The molecule has 0 fully saturated rings. The third-order valence-electron chi connectivity index (χ3n) is 2.17. The maximum Gasteiger partial charge on any atom is 0.0167 e. The Morgan fingerprint density at radius 3 is 2.25 bits per heavy atom. The summed E-state index contributed by atoms with van der Waals surface area (Å²) in [6, 6.07) is 0. The van der Waals surface area contributed by atoms with Gasteiger partial charge in [0.2, 0.25) is 0 Å². The Hall–Kier alpha value is -0.300. The van der Waals surface area contributed by atoms with Crippen molar-refractivity contribution in [1.82, 2.24) is 5.32 Å². The summed E-state index contributed by atoms with van der Waals surface area (Å²) in [5.41, 5.74) is 3.46. The molecular formula is C7H11N. The zero-order valence-corrected chi connectivity index (χ0v) is 5.04. The molecule has 1 nitrogen and oxygen atoms in total. The molecule has 44 valence electrons. The van der Waals surface area contributed by atoms with Crippen LogP contribution in [0.5, 0.6) is 0 Å². The van der Waals surface area contributed by atoms with Crippen LogP contribution in [0.3, 0.4) is 0 Å². The van der Waals surface area contributed by atoms with E-state index < -0.39 is 0 Å². The lowest BCUT2D eigenvalue weighted by Gasteiger charge is -2.28. The zero-order chi connectivity index (χ0) is 5.40. The minimum Gasteiger partial charge on any atom is -0.313 e. The van der Waals surface area contributed by atoms with Crippen molar-refractivity contribution in [3.63, 3.8) is 0 Å². The Labute approximate surface area is 49.8 Å². The van der Waals surface area contributed by atoms with Gasteiger partial charge in [-0.15, -0.1) is 0 Å². The zero-order valence-electron chi connectivity index (χ0n) is 5.04. The summed E-state index contributed by atoms with van der Waals surface area (Å²) in [7, 11) is 0. The van der Waals surface area contributed by atoms with Crippen LogP contribution in [0.15, 0.2) is 11.1 Å². The predicted molar refractivity (Wildman–Crippen MR) is 33.7 cm³/mol. The fourth-order valence-corrected chi connectivity index (χ4v) is 1.47. The van der Waals surface area contributed by atoms with Gasteiger partial charge >= 0.3 is 0 Å². The molecule has 0 atom stereocenters. The molecule has 0 aromatic carbocycles. The molecule has 1 aliphatic heterocycles. The monoisotopic (exact) mass is 109 g/mol. The van der Waals surface area contributed by atoms with E-state index in [1.807, 2.05) is 0 Å². The van der Waals surface area contributed by atoms with E-state index in [9.17, 15) is 0 Å². The van der Waals surface area contributed by atoms with E-state index in [1.54, 1.807) is 11.1 Å². The van der Waals surface area contributed by atoms with Crippen LogP contribution in [-0.2, 0) is 0 Å². The quantitative estimate of drug-likeness (QED) is 0.459. The van der Waals surface area contributed by atoms with E-state index >= 15 is 0 Å².